The lowest BCUT2D eigenvalue weighted by Crippen LogP contribution is -1.88. The van der Waals surface area contributed by atoms with Crippen molar-refractivity contribution in [2.45, 2.75) is 6.92 Å². The van der Waals surface area contributed by atoms with Gasteiger partial charge in [-0.25, -0.2) is 4.39 Å². The van der Waals surface area contributed by atoms with E-state index in [4.69, 9.17) is 0 Å². The van der Waals surface area contributed by atoms with Gasteiger partial charge in [-0.3, -0.25) is 0 Å². The van der Waals surface area contributed by atoms with Crippen molar-refractivity contribution in [3.05, 3.63) is 96.3 Å². The summed E-state index contributed by atoms with van der Waals surface area (Å²) in [7, 11) is 0. The molecule has 0 spiro atoms. The Morgan fingerprint density at radius 1 is 0.615 bits per heavy atom. The number of hydrogen-bond acceptors (Lipinski definition) is 0. The maximum atomic E-state index is 13.5. The maximum absolute atomic E-state index is 13.5. The van der Waals surface area contributed by atoms with Gasteiger partial charge in [-0.1, -0.05) is 72.3 Å². The highest BCUT2D eigenvalue weighted by Crippen LogP contribution is 2.39. The molecule has 0 saturated carbocycles. The van der Waals surface area contributed by atoms with Gasteiger partial charge in [0.2, 0.25) is 0 Å². The standard InChI is InChI=1S/C25H17F/c1-16-6-12-21-19(14-16)15-24(18-7-10-20(26)11-8-18)25-22-5-3-2-4-17(22)9-13-23(21)25/h2-15H,1H3. The number of fused-ring (bicyclic) bond motifs is 5. The molecule has 0 N–H and O–H groups in total. The van der Waals surface area contributed by atoms with Crippen LogP contribution in [0.5, 0.6) is 0 Å². The normalized spacial score (nSPS) is 11.5. The number of halogens is 1. The summed E-state index contributed by atoms with van der Waals surface area (Å²) in [4.78, 5) is 0. The van der Waals surface area contributed by atoms with Gasteiger partial charge in [0, 0.05) is 0 Å². The van der Waals surface area contributed by atoms with Crippen molar-refractivity contribution in [3.63, 3.8) is 0 Å². The van der Waals surface area contributed by atoms with E-state index in [0.29, 0.717) is 0 Å². The molecule has 0 amide bonds. The molecule has 5 aromatic carbocycles. The van der Waals surface area contributed by atoms with Crippen LogP contribution in [0.2, 0.25) is 0 Å². The highest BCUT2D eigenvalue weighted by Gasteiger charge is 2.12. The molecule has 5 rings (SSSR count). The van der Waals surface area contributed by atoms with E-state index < -0.39 is 0 Å². The van der Waals surface area contributed by atoms with Crippen molar-refractivity contribution in [3.8, 4) is 11.1 Å². The van der Waals surface area contributed by atoms with Gasteiger partial charge in [-0.05, 0) is 68.6 Å². The van der Waals surface area contributed by atoms with Crippen LogP contribution in [0.1, 0.15) is 5.56 Å². The molecular formula is C25H17F. The average molecular weight is 336 g/mol. The van der Waals surface area contributed by atoms with E-state index in [1.54, 1.807) is 0 Å². The van der Waals surface area contributed by atoms with Gasteiger partial charge in [-0.2, -0.15) is 0 Å². The molecule has 0 unspecified atom stereocenters. The lowest BCUT2D eigenvalue weighted by molar-refractivity contribution is 0.628. The van der Waals surface area contributed by atoms with Crippen molar-refractivity contribution < 1.29 is 4.39 Å². The van der Waals surface area contributed by atoms with Gasteiger partial charge in [0.05, 0.1) is 0 Å². The van der Waals surface area contributed by atoms with Crippen molar-refractivity contribution in [1.29, 1.82) is 0 Å². The predicted molar refractivity (Wildman–Crippen MR) is 109 cm³/mol. The fourth-order valence-corrected chi connectivity index (χ4v) is 3.92. The second-order valence-electron chi connectivity index (χ2n) is 6.86. The Kier molecular flexibility index (Phi) is 3.29. The first-order chi connectivity index (χ1) is 12.7. The van der Waals surface area contributed by atoms with Gasteiger partial charge in [-0.15, -0.1) is 0 Å². The number of hydrogen-bond donors (Lipinski definition) is 0. The largest absolute Gasteiger partial charge is 0.207 e. The quantitative estimate of drug-likeness (QED) is 0.283. The zero-order valence-electron chi connectivity index (χ0n) is 14.5. The van der Waals surface area contributed by atoms with Crippen molar-refractivity contribution in [1.82, 2.24) is 0 Å². The minimum Gasteiger partial charge on any atom is -0.207 e. The molecule has 0 aliphatic carbocycles. The minimum atomic E-state index is -0.209. The number of aryl methyl sites for hydroxylation is 1. The van der Waals surface area contributed by atoms with E-state index in [-0.39, 0.29) is 5.82 Å². The molecule has 0 aliphatic heterocycles. The molecule has 124 valence electrons. The minimum absolute atomic E-state index is 0.209. The molecule has 0 radical (unpaired) electrons. The zero-order valence-corrected chi connectivity index (χ0v) is 14.5. The molecule has 0 bridgehead atoms. The summed E-state index contributed by atoms with van der Waals surface area (Å²) in [5, 5.41) is 7.38. The molecule has 0 nitrogen and oxygen atoms in total. The summed E-state index contributed by atoms with van der Waals surface area (Å²) in [5.74, 6) is -0.209. The lowest BCUT2D eigenvalue weighted by Gasteiger charge is -2.14. The first-order valence-electron chi connectivity index (χ1n) is 8.81. The SMILES string of the molecule is Cc1ccc2c(c1)cc(-c1ccc(F)cc1)c1c3ccccc3ccc21. The van der Waals surface area contributed by atoms with E-state index in [1.165, 1.54) is 50.0 Å². The summed E-state index contributed by atoms with van der Waals surface area (Å²) < 4.78 is 13.5. The van der Waals surface area contributed by atoms with Gasteiger partial charge in [0.1, 0.15) is 5.82 Å². The molecule has 0 atom stereocenters. The molecule has 0 aliphatic rings. The summed E-state index contributed by atoms with van der Waals surface area (Å²) in [6, 6.07) is 28.5. The zero-order chi connectivity index (χ0) is 17.7. The Morgan fingerprint density at radius 2 is 1.38 bits per heavy atom. The fourth-order valence-electron chi connectivity index (χ4n) is 3.92. The Morgan fingerprint density at radius 3 is 2.23 bits per heavy atom. The summed E-state index contributed by atoms with van der Waals surface area (Å²) in [6.07, 6.45) is 0. The van der Waals surface area contributed by atoms with Crippen LogP contribution in [0.25, 0.3) is 43.4 Å². The summed E-state index contributed by atoms with van der Waals surface area (Å²) >= 11 is 0. The average Bonchev–Trinajstić information content (AvgIpc) is 2.67. The molecule has 5 aromatic rings. The van der Waals surface area contributed by atoms with Crippen LogP contribution in [0.15, 0.2) is 84.9 Å². The topological polar surface area (TPSA) is 0 Å². The van der Waals surface area contributed by atoms with Gasteiger partial charge >= 0.3 is 0 Å². The van der Waals surface area contributed by atoms with Crippen LogP contribution >= 0.6 is 0 Å². The van der Waals surface area contributed by atoms with E-state index >= 15 is 0 Å². The highest BCUT2D eigenvalue weighted by atomic mass is 19.1. The second-order valence-corrected chi connectivity index (χ2v) is 6.86. The van der Waals surface area contributed by atoms with E-state index in [0.717, 1.165) is 11.1 Å². The Bertz CT molecular complexity index is 1280. The van der Waals surface area contributed by atoms with E-state index in [9.17, 15) is 4.39 Å². The van der Waals surface area contributed by atoms with Crippen LogP contribution in [0.4, 0.5) is 4.39 Å². The molecule has 0 fully saturated rings. The van der Waals surface area contributed by atoms with Gasteiger partial charge in [0.15, 0.2) is 0 Å². The first kappa shape index (κ1) is 15.1. The highest BCUT2D eigenvalue weighted by molar-refractivity contribution is 6.22. The van der Waals surface area contributed by atoms with Gasteiger partial charge < -0.3 is 0 Å². The van der Waals surface area contributed by atoms with Crippen LogP contribution in [-0.4, -0.2) is 0 Å². The Balaban J connectivity index is 2.02. The molecule has 0 saturated heterocycles. The molecule has 0 aromatic heterocycles. The second kappa shape index (κ2) is 5.67. The third kappa shape index (κ3) is 2.28. The fraction of sp³-hybridized carbons (Fsp3) is 0.0400. The van der Waals surface area contributed by atoms with Gasteiger partial charge in [0.25, 0.3) is 0 Å². The molecule has 0 heterocycles. The summed E-state index contributed by atoms with van der Waals surface area (Å²) in [6.45, 7) is 2.11. The summed E-state index contributed by atoms with van der Waals surface area (Å²) in [5.41, 5.74) is 3.42. The predicted octanol–water partition coefficient (Wildman–Crippen LogP) is 7.26. The van der Waals surface area contributed by atoms with Crippen molar-refractivity contribution in [2.75, 3.05) is 0 Å². The third-order valence-electron chi connectivity index (χ3n) is 5.15. The van der Waals surface area contributed by atoms with Crippen LogP contribution < -0.4 is 0 Å². The maximum Gasteiger partial charge on any atom is 0.123 e. The van der Waals surface area contributed by atoms with Crippen LogP contribution in [0, 0.1) is 12.7 Å². The lowest BCUT2D eigenvalue weighted by atomic mass is 9.89. The molecular weight excluding hydrogens is 319 g/mol. The molecule has 1 heteroatoms. The Hall–Kier alpha value is -3.19. The third-order valence-corrected chi connectivity index (χ3v) is 5.15. The monoisotopic (exact) mass is 336 g/mol. The molecule has 26 heavy (non-hydrogen) atoms. The smallest absolute Gasteiger partial charge is 0.123 e. The number of benzene rings is 5. The van der Waals surface area contributed by atoms with E-state index in [2.05, 4.69) is 67.6 Å². The number of rotatable bonds is 1. The first-order valence-corrected chi connectivity index (χ1v) is 8.81. The van der Waals surface area contributed by atoms with Crippen molar-refractivity contribution in [2.24, 2.45) is 0 Å². The van der Waals surface area contributed by atoms with Crippen LogP contribution in [0.3, 0.4) is 0 Å². The Labute approximate surface area is 151 Å². The van der Waals surface area contributed by atoms with Crippen molar-refractivity contribution >= 4 is 32.3 Å². The van der Waals surface area contributed by atoms with Crippen LogP contribution in [-0.2, 0) is 0 Å². The van der Waals surface area contributed by atoms with E-state index in [1.807, 2.05) is 12.1 Å².